The zero-order valence-electron chi connectivity index (χ0n) is 9.68. The SMILES string of the molecule is CC(N)C(=O)Nc1cccc(C2OCCO2)c1. The molecule has 1 aliphatic rings. The van der Waals surface area contributed by atoms with Gasteiger partial charge in [0.1, 0.15) is 0 Å². The lowest BCUT2D eigenvalue weighted by molar-refractivity contribution is -0.117. The molecule has 1 aromatic rings. The molecule has 1 atom stereocenters. The maximum absolute atomic E-state index is 11.4. The molecule has 17 heavy (non-hydrogen) atoms. The Morgan fingerprint density at radius 1 is 1.47 bits per heavy atom. The van der Waals surface area contributed by atoms with E-state index in [1.165, 1.54) is 0 Å². The first kappa shape index (κ1) is 12.0. The number of benzene rings is 1. The number of carbonyl (C=O) groups is 1. The van der Waals surface area contributed by atoms with Gasteiger partial charge in [-0.3, -0.25) is 4.79 Å². The summed E-state index contributed by atoms with van der Waals surface area (Å²) in [5.74, 6) is -0.213. The monoisotopic (exact) mass is 236 g/mol. The second-order valence-corrected chi connectivity index (χ2v) is 3.98. The smallest absolute Gasteiger partial charge is 0.240 e. The molecule has 0 bridgehead atoms. The van der Waals surface area contributed by atoms with Crippen molar-refractivity contribution in [1.82, 2.24) is 0 Å². The number of carbonyl (C=O) groups excluding carboxylic acids is 1. The van der Waals surface area contributed by atoms with E-state index in [1.807, 2.05) is 18.2 Å². The van der Waals surface area contributed by atoms with Crippen LogP contribution >= 0.6 is 0 Å². The Bertz CT molecular complexity index is 400. The fourth-order valence-electron chi connectivity index (χ4n) is 1.57. The highest BCUT2D eigenvalue weighted by Gasteiger charge is 2.18. The molecule has 92 valence electrons. The van der Waals surface area contributed by atoms with Gasteiger partial charge in [0.25, 0.3) is 0 Å². The molecule has 1 aliphatic heterocycles. The van der Waals surface area contributed by atoms with Crippen molar-refractivity contribution in [3.63, 3.8) is 0 Å². The van der Waals surface area contributed by atoms with Crippen LogP contribution in [0, 0.1) is 0 Å². The largest absolute Gasteiger partial charge is 0.346 e. The lowest BCUT2D eigenvalue weighted by Gasteiger charge is -2.12. The van der Waals surface area contributed by atoms with Crippen LogP contribution < -0.4 is 11.1 Å². The predicted octanol–water partition coefficient (Wildman–Crippen LogP) is 1.02. The summed E-state index contributed by atoms with van der Waals surface area (Å²) in [7, 11) is 0. The van der Waals surface area contributed by atoms with Gasteiger partial charge in [-0.25, -0.2) is 0 Å². The van der Waals surface area contributed by atoms with E-state index in [4.69, 9.17) is 15.2 Å². The van der Waals surface area contributed by atoms with Crippen LogP contribution in [0.5, 0.6) is 0 Å². The average molecular weight is 236 g/mol. The molecule has 0 radical (unpaired) electrons. The molecular weight excluding hydrogens is 220 g/mol. The summed E-state index contributed by atoms with van der Waals surface area (Å²) in [6, 6.07) is 6.85. The van der Waals surface area contributed by atoms with Gasteiger partial charge in [0, 0.05) is 11.3 Å². The number of ether oxygens (including phenoxy) is 2. The summed E-state index contributed by atoms with van der Waals surface area (Å²) in [4.78, 5) is 11.4. The van der Waals surface area contributed by atoms with Gasteiger partial charge < -0.3 is 20.5 Å². The molecule has 1 saturated heterocycles. The lowest BCUT2D eigenvalue weighted by Crippen LogP contribution is -2.32. The minimum Gasteiger partial charge on any atom is -0.346 e. The van der Waals surface area contributed by atoms with Gasteiger partial charge in [-0.15, -0.1) is 0 Å². The van der Waals surface area contributed by atoms with E-state index in [9.17, 15) is 4.79 Å². The van der Waals surface area contributed by atoms with Crippen molar-refractivity contribution >= 4 is 11.6 Å². The van der Waals surface area contributed by atoms with Gasteiger partial charge in [-0.05, 0) is 19.1 Å². The highest BCUT2D eigenvalue weighted by Crippen LogP contribution is 2.25. The zero-order chi connectivity index (χ0) is 12.3. The Morgan fingerprint density at radius 3 is 2.82 bits per heavy atom. The first-order valence-electron chi connectivity index (χ1n) is 5.56. The van der Waals surface area contributed by atoms with Crippen LogP contribution in [0.1, 0.15) is 18.8 Å². The number of rotatable bonds is 3. The third-order valence-corrected chi connectivity index (χ3v) is 2.46. The number of hydrogen-bond donors (Lipinski definition) is 2. The number of nitrogens with two attached hydrogens (primary N) is 1. The number of hydrogen-bond acceptors (Lipinski definition) is 4. The molecule has 1 unspecified atom stereocenters. The number of amides is 1. The molecule has 5 heteroatoms. The van der Waals surface area contributed by atoms with Crippen LogP contribution in [0.4, 0.5) is 5.69 Å². The Labute approximate surface area is 99.9 Å². The fraction of sp³-hybridized carbons (Fsp3) is 0.417. The highest BCUT2D eigenvalue weighted by atomic mass is 16.7. The van der Waals surface area contributed by atoms with Gasteiger partial charge in [0.15, 0.2) is 6.29 Å². The van der Waals surface area contributed by atoms with Crippen molar-refractivity contribution in [2.45, 2.75) is 19.3 Å². The van der Waals surface area contributed by atoms with Crippen LogP contribution in [0.2, 0.25) is 0 Å². The second-order valence-electron chi connectivity index (χ2n) is 3.98. The highest BCUT2D eigenvalue weighted by molar-refractivity contribution is 5.94. The standard InChI is InChI=1S/C12H16N2O3/c1-8(13)11(15)14-10-4-2-3-9(7-10)12-16-5-6-17-12/h2-4,7-8,12H,5-6,13H2,1H3,(H,14,15). The normalized spacial score (nSPS) is 18.0. The van der Waals surface area contributed by atoms with Crippen LogP contribution in [-0.2, 0) is 14.3 Å². The summed E-state index contributed by atoms with van der Waals surface area (Å²) >= 11 is 0. The summed E-state index contributed by atoms with van der Waals surface area (Å²) in [6.07, 6.45) is -0.331. The van der Waals surface area contributed by atoms with Crippen molar-refractivity contribution in [2.75, 3.05) is 18.5 Å². The molecule has 1 fully saturated rings. The summed E-state index contributed by atoms with van der Waals surface area (Å²) in [5.41, 5.74) is 7.07. The van der Waals surface area contributed by atoms with Crippen molar-refractivity contribution in [3.05, 3.63) is 29.8 Å². The van der Waals surface area contributed by atoms with E-state index in [2.05, 4.69) is 5.32 Å². The molecule has 1 heterocycles. The summed E-state index contributed by atoms with van der Waals surface area (Å²) < 4.78 is 10.8. The van der Waals surface area contributed by atoms with Crippen molar-refractivity contribution in [3.8, 4) is 0 Å². The van der Waals surface area contributed by atoms with Gasteiger partial charge >= 0.3 is 0 Å². The molecule has 2 rings (SSSR count). The minimum atomic E-state index is -0.530. The third kappa shape index (κ3) is 3.03. The molecular formula is C12H16N2O3. The van der Waals surface area contributed by atoms with Gasteiger partial charge in [0.05, 0.1) is 19.3 Å². The topological polar surface area (TPSA) is 73.6 Å². The third-order valence-electron chi connectivity index (χ3n) is 2.46. The Morgan fingerprint density at radius 2 is 2.18 bits per heavy atom. The van der Waals surface area contributed by atoms with E-state index in [1.54, 1.807) is 13.0 Å². The van der Waals surface area contributed by atoms with Gasteiger partial charge in [-0.2, -0.15) is 0 Å². The number of nitrogens with one attached hydrogen (secondary N) is 1. The first-order valence-corrected chi connectivity index (χ1v) is 5.56. The molecule has 0 saturated carbocycles. The van der Waals surface area contributed by atoms with E-state index in [0.29, 0.717) is 18.9 Å². The lowest BCUT2D eigenvalue weighted by atomic mass is 10.2. The van der Waals surface area contributed by atoms with E-state index >= 15 is 0 Å². The summed E-state index contributed by atoms with van der Waals surface area (Å²) in [6.45, 7) is 2.84. The second kappa shape index (κ2) is 5.27. The van der Waals surface area contributed by atoms with E-state index in [-0.39, 0.29) is 12.2 Å². The predicted molar refractivity (Wildman–Crippen MR) is 63.4 cm³/mol. The maximum Gasteiger partial charge on any atom is 0.240 e. The van der Waals surface area contributed by atoms with Crippen LogP contribution in [0.15, 0.2) is 24.3 Å². The molecule has 0 aliphatic carbocycles. The first-order chi connectivity index (χ1) is 8.16. The molecule has 5 nitrogen and oxygen atoms in total. The average Bonchev–Trinajstić information content (AvgIpc) is 2.82. The van der Waals surface area contributed by atoms with E-state index < -0.39 is 6.04 Å². The number of anilines is 1. The van der Waals surface area contributed by atoms with Gasteiger partial charge in [0.2, 0.25) is 5.91 Å². The van der Waals surface area contributed by atoms with Crippen molar-refractivity contribution < 1.29 is 14.3 Å². The van der Waals surface area contributed by atoms with Crippen molar-refractivity contribution in [1.29, 1.82) is 0 Å². The van der Waals surface area contributed by atoms with Crippen LogP contribution in [0.25, 0.3) is 0 Å². The molecule has 1 aromatic carbocycles. The quantitative estimate of drug-likeness (QED) is 0.821. The Kier molecular flexibility index (Phi) is 3.73. The molecule has 3 N–H and O–H groups in total. The molecule has 0 spiro atoms. The van der Waals surface area contributed by atoms with Crippen LogP contribution in [-0.4, -0.2) is 25.2 Å². The Hall–Kier alpha value is -1.43. The van der Waals surface area contributed by atoms with Crippen molar-refractivity contribution in [2.24, 2.45) is 5.73 Å². The summed E-state index contributed by atoms with van der Waals surface area (Å²) in [5, 5.41) is 2.73. The Balaban J connectivity index is 2.08. The van der Waals surface area contributed by atoms with E-state index in [0.717, 1.165) is 5.56 Å². The van der Waals surface area contributed by atoms with Gasteiger partial charge in [-0.1, -0.05) is 12.1 Å². The molecule has 0 aromatic heterocycles. The van der Waals surface area contributed by atoms with Crippen LogP contribution in [0.3, 0.4) is 0 Å². The minimum absolute atomic E-state index is 0.213. The molecule has 1 amide bonds. The fourth-order valence-corrected chi connectivity index (χ4v) is 1.57. The maximum atomic E-state index is 11.4. The zero-order valence-corrected chi connectivity index (χ0v) is 9.68.